The summed E-state index contributed by atoms with van der Waals surface area (Å²) >= 11 is 0. The maximum Gasteiger partial charge on any atom is 0.242 e. The zero-order valence-corrected chi connectivity index (χ0v) is 20.7. The lowest BCUT2D eigenvalue weighted by molar-refractivity contribution is -0.149. The van der Waals surface area contributed by atoms with E-state index in [1.165, 1.54) is 30.4 Å². The van der Waals surface area contributed by atoms with E-state index < -0.39 is 11.3 Å². The van der Waals surface area contributed by atoms with Crippen molar-refractivity contribution in [2.24, 2.45) is 0 Å². The van der Waals surface area contributed by atoms with E-state index in [2.05, 4.69) is 0 Å². The Hall–Kier alpha value is -2.94. The first kappa shape index (κ1) is 25.2. The lowest BCUT2D eigenvalue weighted by Gasteiger charge is -2.41. The number of hydrogen-bond donors (Lipinski definition) is 0. The van der Waals surface area contributed by atoms with Gasteiger partial charge in [0.1, 0.15) is 5.75 Å². The summed E-state index contributed by atoms with van der Waals surface area (Å²) in [5, 5.41) is 0. The molecule has 1 aromatic rings. The van der Waals surface area contributed by atoms with Gasteiger partial charge in [-0.3, -0.25) is 24.1 Å². The molecule has 2 saturated heterocycles. The predicted molar refractivity (Wildman–Crippen MR) is 128 cm³/mol. The van der Waals surface area contributed by atoms with Gasteiger partial charge in [-0.15, -0.1) is 0 Å². The summed E-state index contributed by atoms with van der Waals surface area (Å²) < 4.78 is 10.6. The van der Waals surface area contributed by atoms with Crippen molar-refractivity contribution in [1.29, 1.82) is 0 Å². The van der Waals surface area contributed by atoms with Crippen molar-refractivity contribution in [3.63, 3.8) is 0 Å². The van der Waals surface area contributed by atoms with Crippen LogP contribution in [-0.4, -0.2) is 91.4 Å². The van der Waals surface area contributed by atoms with E-state index in [0.717, 1.165) is 25.7 Å². The van der Waals surface area contributed by atoms with E-state index in [9.17, 15) is 19.2 Å². The summed E-state index contributed by atoms with van der Waals surface area (Å²) in [7, 11) is 3.01. The van der Waals surface area contributed by atoms with Gasteiger partial charge in [-0.05, 0) is 18.9 Å². The highest BCUT2D eigenvalue weighted by molar-refractivity contribution is 6.11. The van der Waals surface area contributed by atoms with Gasteiger partial charge >= 0.3 is 0 Å². The molecule has 0 unspecified atom stereocenters. The molecule has 0 spiro atoms. The fourth-order valence-corrected chi connectivity index (χ4v) is 5.74. The second-order valence-electron chi connectivity index (χ2n) is 9.67. The first-order valence-corrected chi connectivity index (χ1v) is 12.5. The molecule has 35 heavy (non-hydrogen) atoms. The van der Waals surface area contributed by atoms with Crippen LogP contribution in [0, 0.1) is 0 Å². The summed E-state index contributed by atoms with van der Waals surface area (Å²) in [4.78, 5) is 57.8. The van der Waals surface area contributed by atoms with Gasteiger partial charge in [-0.25, -0.2) is 0 Å². The van der Waals surface area contributed by atoms with Crippen molar-refractivity contribution in [2.45, 2.75) is 56.4 Å². The van der Waals surface area contributed by atoms with Crippen LogP contribution in [0.1, 0.15) is 50.5 Å². The SMILES string of the molecule is COCCN1C(=O)C[C@@](CC(=O)N2CCN(C3CCCCC3)C(=O)C2)(c2ccccc2OC)C1=O. The molecule has 3 fully saturated rings. The summed E-state index contributed by atoms with van der Waals surface area (Å²) in [5.41, 5.74) is -0.862. The number of amides is 4. The number of benzene rings is 1. The number of para-hydroxylation sites is 1. The van der Waals surface area contributed by atoms with Gasteiger partial charge in [0, 0.05) is 44.6 Å². The van der Waals surface area contributed by atoms with Crippen LogP contribution >= 0.6 is 0 Å². The molecule has 0 aromatic heterocycles. The quantitative estimate of drug-likeness (QED) is 0.521. The van der Waals surface area contributed by atoms with E-state index in [4.69, 9.17) is 9.47 Å². The number of rotatable bonds is 8. The van der Waals surface area contributed by atoms with Crippen molar-refractivity contribution in [3.05, 3.63) is 29.8 Å². The second-order valence-corrected chi connectivity index (χ2v) is 9.67. The molecular formula is C26H35N3O6. The number of likely N-dealkylation sites (tertiary alicyclic amines) is 1. The van der Waals surface area contributed by atoms with E-state index in [-0.39, 0.29) is 56.3 Å². The highest BCUT2D eigenvalue weighted by Crippen LogP contribution is 2.44. The molecule has 190 valence electrons. The molecule has 9 heteroatoms. The van der Waals surface area contributed by atoms with Crippen LogP contribution in [0.25, 0.3) is 0 Å². The molecule has 1 atom stereocenters. The van der Waals surface area contributed by atoms with Crippen LogP contribution in [0.4, 0.5) is 0 Å². The number of nitrogens with zero attached hydrogens (tertiary/aromatic N) is 3. The largest absolute Gasteiger partial charge is 0.496 e. The molecule has 3 aliphatic rings. The summed E-state index contributed by atoms with van der Waals surface area (Å²) in [5.74, 6) is -0.664. The van der Waals surface area contributed by atoms with Gasteiger partial charge in [0.25, 0.3) is 0 Å². The van der Waals surface area contributed by atoms with Crippen molar-refractivity contribution in [1.82, 2.24) is 14.7 Å². The smallest absolute Gasteiger partial charge is 0.242 e. The first-order valence-electron chi connectivity index (χ1n) is 12.5. The van der Waals surface area contributed by atoms with Crippen LogP contribution in [0.5, 0.6) is 5.75 Å². The van der Waals surface area contributed by atoms with Crippen LogP contribution in [0.3, 0.4) is 0 Å². The van der Waals surface area contributed by atoms with Crippen molar-refractivity contribution >= 4 is 23.6 Å². The maximum absolute atomic E-state index is 13.7. The lowest BCUT2D eigenvalue weighted by atomic mass is 9.75. The minimum atomic E-state index is -1.38. The third-order valence-electron chi connectivity index (χ3n) is 7.63. The molecule has 0 N–H and O–H groups in total. The molecule has 4 amide bonds. The molecule has 1 saturated carbocycles. The van der Waals surface area contributed by atoms with Crippen molar-refractivity contribution in [3.8, 4) is 5.75 Å². The zero-order chi connectivity index (χ0) is 25.0. The molecule has 1 aromatic carbocycles. The standard InChI is InChI=1S/C26H35N3O6/c1-34-15-14-29-23(31)17-26(25(29)33,20-10-6-7-11-21(20)35-2)16-22(30)27-12-13-28(24(32)18-27)19-8-4-3-5-9-19/h6-7,10-11,19H,3-5,8-9,12-18H2,1-2H3/t26-/m0/s1. The van der Waals surface area contributed by atoms with Gasteiger partial charge in [0.15, 0.2) is 0 Å². The van der Waals surface area contributed by atoms with Crippen LogP contribution < -0.4 is 4.74 Å². The average Bonchev–Trinajstić information content (AvgIpc) is 3.12. The Labute approximate surface area is 206 Å². The third kappa shape index (κ3) is 4.91. The number of carbonyl (C=O) groups excluding carboxylic acids is 4. The molecule has 4 rings (SSSR count). The van der Waals surface area contributed by atoms with Gasteiger partial charge < -0.3 is 19.3 Å². The Morgan fingerprint density at radius 2 is 1.77 bits per heavy atom. The Kier molecular flexibility index (Phi) is 7.74. The van der Waals surface area contributed by atoms with Gasteiger partial charge in [-0.1, -0.05) is 37.5 Å². The number of methoxy groups -OCH3 is 2. The highest BCUT2D eigenvalue weighted by Gasteiger charge is 2.55. The van der Waals surface area contributed by atoms with E-state index in [1.54, 1.807) is 24.3 Å². The number of piperazine rings is 1. The van der Waals surface area contributed by atoms with Crippen molar-refractivity contribution in [2.75, 3.05) is 47.0 Å². The molecule has 0 radical (unpaired) electrons. The Morgan fingerprint density at radius 3 is 2.46 bits per heavy atom. The van der Waals surface area contributed by atoms with Gasteiger partial charge in [-0.2, -0.15) is 0 Å². The molecule has 9 nitrogen and oxygen atoms in total. The van der Waals surface area contributed by atoms with E-state index in [1.807, 2.05) is 4.90 Å². The van der Waals surface area contributed by atoms with E-state index in [0.29, 0.717) is 24.4 Å². The van der Waals surface area contributed by atoms with Crippen LogP contribution in [-0.2, 0) is 29.3 Å². The highest BCUT2D eigenvalue weighted by atomic mass is 16.5. The molecule has 1 aliphatic carbocycles. The molecule has 0 bridgehead atoms. The maximum atomic E-state index is 13.7. The minimum absolute atomic E-state index is 0.00681. The Balaban J connectivity index is 1.56. The lowest BCUT2D eigenvalue weighted by Crippen LogP contribution is -2.56. The minimum Gasteiger partial charge on any atom is -0.496 e. The third-order valence-corrected chi connectivity index (χ3v) is 7.63. The van der Waals surface area contributed by atoms with E-state index >= 15 is 0 Å². The van der Waals surface area contributed by atoms with Crippen LogP contribution in [0.15, 0.2) is 24.3 Å². The molecular weight excluding hydrogens is 450 g/mol. The first-order chi connectivity index (χ1) is 16.9. The van der Waals surface area contributed by atoms with Gasteiger partial charge in [0.2, 0.25) is 23.6 Å². The number of carbonyl (C=O) groups is 4. The fourth-order valence-electron chi connectivity index (χ4n) is 5.74. The summed E-state index contributed by atoms with van der Waals surface area (Å²) in [6.07, 6.45) is 5.19. The fraction of sp³-hybridized carbons (Fsp3) is 0.615. The summed E-state index contributed by atoms with van der Waals surface area (Å²) in [6, 6.07) is 7.28. The predicted octanol–water partition coefficient (Wildman–Crippen LogP) is 1.73. The summed E-state index contributed by atoms with van der Waals surface area (Å²) in [6.45, 7) is 1.28. The zero-order valence-electron chi connectivity index (χ0n) is 20.7. The molecule has 2 heterocycles. The average molecular weight is 486 g/mol. The second kappa shape index (κ2) is 10.8. The van der Waals surface area contributed by atoms with Gasteiger partial charge in [0.05, 0.1) is 32.2 Å². The normalized spacial score (nSPS) is 23.8. The number of imide groups is 1. The molecule has 2 aliphatic heterocycles. The number of ether oxygens (including phenoxy) is 2. The Bertz CT molecular complexity index is 976. The van der Waals surface area contributed by atoms with Crippen molar-refractivity contribution < 1.29 is 28.7 Å². The topological polar surface area (TPSA) is 96.5 Å². The Morgan fingerprint density at radius 1 is 1.03 bits per heavy atom. The number of hydrogen-bond acceptors (Lipinski definition) is 6. The monoisotopic (exact) mass is 485 g/mol. The van der Waals surface area contributed by atoms with Crippen LogP contribution in [0.2, 0.25) is 0 Å².